The minimum atomic E-state index is 0.721. The molecule has 2 aromatic heterocycles. The molecule has 0 fully saturated rings. The number of fused-ring (bicyclic) bond motifs is 3. The summed E-state index contributed by atoms with van der Waals surface area (Å²) in [6, 6.07) is 100. The number of anilines is 6. The van der Waals surface area contributed by atoms with Gasteiger partial charge in [-0.25, -0.2) is 9.97 Å². The summed E-state index contributed by atoms with van der Waals surface area (Å²) in [5, 5.41) is 2.34. The van der Waals surface area contributed by atoms with E-state index in [0.29, 0.717) is 0 Å². The van der Waals surface area contributed by atoms with Gasteiger partial charge in [0.1, 0.15) is 0 Å². The van der Waals surface area contributed by atoms with Crippen molar-refractivity contribution in [2.75, 3.05) is 9.80 Å². The molecule has 2 heterocycles. The molecule has 13 aromatic rings. The second-order valence-electron chi connectivity index (χ2n) is 20.1. The Hall–Kier alpha value is -10.1. The first-order chi connectivity index (χ1) is 38.4. The molecule has 372 valence electrons. The molecule has 0 saturated heterocycles. The lowest BCUT2D eigenvalue weighted by Crippen LogP contribution is -2.09. The van der Waals surface area contributed by atoms with Crippen LogP contribution in [0.3, 0.4) is 0 Å². The van der Waals surface area contributed by atoms with Gasteiger partial charge in [0.25, 0.3) is 0 Å². The van der Waals surface area contributed by atoms with Crippen molar-refractivity contribution in [1.29, 1.82) is 0 Å². The molecule has 0 aliphatic rings. The van der Waals surface area contributed by atoms with Crippen LogP contribution in [0.25, 0.3) is 83.6 Å². The van der Waals surface area contributed by atoms with E-state index in [4.69, 9.17) is 9.97 Å². The van der Waals surface area contributed by atoms with Crippen molar-refractivity contribution in [3.05, 3.63) is 296 Å². The quantitative estimate of drug-likeness (QED) is 0.122. The maximum atomic E-state index is 5.13. The standard InChI is InChI=1S/C73H55N5/c1-50-18-16-20-57(44-50)70-49-69(74-73(75-70)58-21-17-19-51(2)45-58)55-32-30-54(31-33-55)66-41-36-56(46-52(66)3)53-34-37-63(38-35-53)78-71-42-39-64(76(59-22-8-4-9-23-59)60-24-10-5-11-25-60)47-67(71)68-48-65(40-43-72(68)78)77(61-26-12-6-13-27-61)62-28-14-7-15-29-62/h4-49H,1-3H3. The molecule has 0 amide bonds. The van der Waals surface area contributed by atoms with E-state index >= 15 is 0 Å². The number of aryl methyl sites for hydroxylation is 3. The Morgan fingerprint density at radius 2 is 0.731 bits per heavy atom. The highest BCUT2D eigenvalue weighted by Crippen LogP contribution is 2.43. The first kappa shape index (κ1) is 47.6. The molecule has 0 N–H and O–H groups in total. The van der Waals surface area contributed by atoms with E-state index in [0.717, 1.165) is 95.9 Å². The summed E-state index contributed by atoms with van der Waals surface area (Å²) >= 11 is 0. The molecule has 0 aliphatic heterocycles. The van der Waals surface area contributed by atoms with Gasteiger partial charge in [0, 0.05) is 67.3 Å². The molecule has 0 saturated carbocycles. The number of nitrogens with zero attached hydrogens (tertiary/aromatic N) is 5. The fourth-order valence-corrected chi connectivity index (χ4v) is 11.0. The predicted octanol–water partition coefficient (Wildman–Crippen LogP) is 19.8. The van der Waals surface area contributed by atoms with Crippen molar-refractivity contribution < 1.29 is 0 Å². The lowest BCUT2D eigenvalue weighted by Gasteiger charge is -2.26. The molecular formula is C73H55N5. The highest BCUT2D eigenvalue weighted by atomic mass is 15.1. The van der Waals surface area contributed by atoms with E-state index in [-0.39, 0.29) is 0 Å². The van der Waals surface area contributed by atoms with Crippen LogP contribution in [0.1, 0.15) is 16.7 Å². The van der Waals surface area contributed by atoms with Crippen LogP contribution >= 0.6 is 0 Å². The molecule has 0 radical (unpaired) electrons. The van der Waals surface area contributed by atoms with Crippen molar-refractivity contribution in [3.8, 4) is 61.8 Å². The highest BCUT2D eigenvalue weighted by molar-refractivity contribution is 6.12. The average molecular weight is 1000 g/mol. The Labute approximate surface area is 456 Å². The van der Waals surface area contributed by atoms with Gasteiger partial charge in [-0.3, -0.25) is 0 Å². The van der Waals surface area contributed by atoms with Crippen LogP contribution in [0.15, 0.2) is 279 Å². The van der Waals surface area contributed by atoms with Gasteiger partial charge in [0.15, 0.2) is 5.82 Å². The third-order valence-electron chi connectivity index (χ3n) is 14.8. The number of hydrogen-bond donors (Lipinski definition) is 0. The monoisotopic (exact) mass is 1000 g/mol. The Kier molecular flexibility index (Phi) is 12.5. The number of rotatable bonds is 12. The van der Waals surface area contributed by atoms with Gasteiger partial charge in [-0.15, -0.1) is 0 Å². The van der Waals surface area contributed by atoms with Crippen molar-refractivity contribution in [2.24, 2.45) is 0 Å². The molecule has 0 bridgehead atoms. The fourth-order valence-electron chi connectivity index (χ4n) is 11.0. The molecule has 5 nitrogen and oxygen atoms in total. The van der Waals surface area contributed by atoms with Crippen LogP contribution in [0.2, 0.25) is 0 Å². The summed E-state index contributed by atoms with van der Waals surface area (Å²) in [5.41, 5.74) is 23.2. The Balaban J connectivity index is 0.853. The second kappa shape index (κ2) is 20.6. The zero-order valence-corrected chi connectivity index (χ0v) is 43.8. The lowest BCUT2D eigenvalue weighted by atomic mass is 9.94. The van der Waals surface area contributed by atoms with Gasteiger partial charge < -0.3 is 14.4 Å². The first-order valence-electron chi connectivity index (χ1n) is 26.6. The molecule has 5 heteroatoms. The number of hydrogen-bond acceptors (Lipinski definition) is 4. The molecule has 13 rings (SSSR count). The van der Waals surface area contributed by atoms with Crippen LogP contribution in [-0.4, -0.2) is 14.5 Å². The van der Waals surface area contributed by atoms with Gasteiger partial charge in [0.2, 0.25) is 0 Å². The van der Waals surface area contributed by atoms with Crippen LogP contribution in [0.4, 0.5) is 34.1 Å². The van der Waals surface area contributed by atoms with Gasteiger partial charge in [-0.2, -0.15) is 0 Å². The fraction of sp³-hybridized carbons (Fsp3) is 0.0411. The van der Waals surface area contributed by atoms with Gasteiger partial charge in [-0.1, -0.05) is 175 Å². The third-order valence-corrected chi connectivity index (χ3v) is 14.8. The first-order valence-corrected chi connectivity index (χ1v) is 26.6. The highest BCUT2D eigenvalue weighted by Gasteiger charge is 2.21. The minimum Gasteiger partial charge on any atom is -0.310 e. The lowest BCUT2D eigenvalue weighted by molar-refractivity contribution is 1.18. The summed E-state index contributed by atoms with van der Waals surface area (Å²) in [6.45, 7) is 6.43. The van der Waals surface area contributed by atoms with Crippen LogP contribution in [0, 0.1) is 20.8 Å². The van der Waals surface area contributed by atoms with Crippen molar-refractivity contribution >= 4 is 55.9 Å². The molecule has 0 unspecified atom stereocenters. The number of aromatic nitrogens is 3. The molecule has 0 aliphatic carbocycles. The van der Waals surface area contributed by atoms with Crippen LogP contribution < -0.4 is 9.80 Å². The summed E-state index contributed by atoms with van der Waals surface area (Å²) < 4.78 is 2.42. The van der Waals surface area contributed by atoms with E-state index in [2.05, 4.69) is 314 Å². The zero-order valence-electron chi connectivity index (χ0n) is 43.8. The Morgan fingerprint density at radius 3 is 1.22 bits per heavy atom. The van der Waals surface area contributed by atoms with Crippen LogP contribution in [0.5, 0.6) is 0 Å². The smallest absolute Gasteiger partial charge is 0.160 e. The van der Waals surface area contributed by atoms with Gasteiger partial charge >= 0.3 is 0 Å². The third kappa shape index (κ3) is 9.29. The van der Waals surface area contributed by atoms with E-state index in [9.17, 15) is 0 Å². The summed E-state index contributed by atoms with van der Waals surface area (Å²) in [4.78, 5) is 14.9. The number of para-hydroxylation sites is 4. The molecule has 0 spiro atoms. The van der Waals surface area contributed by atoms with Crippen molar-refractivity contribution in [1.82, 2.24) is 14.5 Å². The predicted molar refractivity (Wildman–Crippen MR) is 327 cm³/mol. The van der Waals surface area contributed by atoms with Crippen molar-refractivity contribution in [3.63, 3.8) is 0 Å². The van der Waals surface area contributed by atoms with E-state index in [1.54, 1.807) is 0 Å². The average Bonchev–Trinajstić information content (AvgIpc) is 3.92. The van der Waals surface area contributed by atoms with Gasteiger partial charge in [-0.05, 0) is 164 Å². The largest absolute Gasteiger partial charge is 0.310 e. The maximum absolute atomic E-state index is 5.13. The Morgan fingerprint density at radius 1 is 0.295 bits per heavy atom. The molecule has 11 aromatic carbocycles. The van der Waals surface area contributed by atoms with Crippen molar-refractivity contribution in [2.45, 2.75) is 20.8 Å². The van der Waals surface area contributed by atoms with E-state index in [1.807, 2.05) is 0 Å². The van der Waals surface area contributed by atoms with Crippen LogP contribution in [-0.2, 0) is 0 Å². The maximum Gasteiger partial charge on any atom is 0.160 e. The second-order valence-corrected chi connectivity index (χ2v) is 20.1. The molecular weight excluding hydrogens is 947 g/mol. The zero-order chi connectivity index (χ0) is 52.5. The summed E-state index contributed by atoms with van der Waals surface area (Å²) in [7, 11) is 0. The summed E-state index contributed by atoms with van der Waals surface area (Å²) in [5.74, 6) is 0.721. The number of benzene rings is 11. The molecule has 0 atom stereocenters. The van der Waals surface area contributed by atoms with E-state index in [1.165, 1.54) is 38.6 Å². The molecule has 78 heavy (non-hydrogen) atoms. The van der Waals surface area contributed by atoms with E-state index < -0.39 is 0 Å². The SMILES string of the molecule is Cc1cccc(-c2cc(-c3ccc(-c4ccc(-c5ccc(-n6c7ccc(N(c8ccccc8)c8ccccc8)cc7c7cc(N(c8ccccc8)c8ccccc8)ccc76)cc5)cc4C)cc3)nc(-c3cccc(C)c3)n2)c1. The normalized spacial score (nSPS) is 11.3. The van der Waals surface area contributed by atoms with Gasteiger partial charge in [0.05, 0.1) is 22.4 Å². The summed E-state index contributed by atoms with van der Waals surface area (Å²) in [6.07, 6.45) is 0. The minimum absolute atomic E-state index is 0.721. The topological polar surface area (TPSA) is 37.2 Å². The Bertz CT molecular complexity index is 3980.